The third-order valence-corrected chi connectivity index (χ3v) is 5.15. The number of anilines is 1. The molecule has 142 valence electrons. The van der Waals surface area contributed by atoms with E-state index in [4.69, 9.17) is 0 Å². The van der Waals surface area contributed by atoms with Crippen molar-refractivity contribution in [3.05, 3.63) is 78.9 Å². The Kier molecular flexibility index (Phi) is 4.02. The van der Waals surface area contributed by atoms with Crippen LogP contribution in [-0.4, -0.2) is 29.0 Å². The molecule has 0 fully saturated rings. The summed E-state index contributed by atoms with van der Waals surface area (Å²) in [6.45, 7) is 0. The molecule has 3 aromatic heterocycles. The quantitative estimate of drug-likeness (QED) is 0.438. The van der Waals surface area contributed by atoms with Gasteiger partial charge < -0.3 is 9.88 Å². The third kappa shape index (κ3) is 3.10. The SMILES string of the molecule is CN(C)c1cc(-c2cc3cc(-c4ccnc5ccc(F)cc45)ccc3[nH]2)ccn1. The van der Waals surface area contributed by atoms with E-state index in [1.165, 1.54) is 6.07 Å². The van der Waals surface area contributed by atoms with E-state index in [-0.39, 0.29) is 5.82 Å². The molecule has 1 N–H and O–H groups in total. The van der Waals surface area contributed by atoms with E-state index in [0.717, 1.165) is 50.0 Å². The van der Waals surface area contributed by atoms with Crippen LogP contribution in [0.3, 0.4) is 0 Å². The number of hydrogen-bond donors (Lipinski definition) is 1. The van der Waals surface area contributed by atoms with Crippen molar-refractivity contribution in [2.24, 2.45) is 0 Å². The van der Waals surface area contributed by atoms with E-state index in [0.29, 0.717) is 0 Å². The summed E-state index contributed by atoms with van der Waals surface area (Å²) < 4.78 is 13.8. The zero-order valence-corrected chi connectivity index (χ0v) is 16.1. The Balaban J connectivity index is 1.62. The maximum atomic E-state index is 13.8. The molecule has 5 rings (SSSR count). The van der Waals surface area contributed by atoms with Crippen molar-refractivity contribution in [3.8, 4) is 22.4 Å². The summed E-state index contributed by atoms with van der Waals surface area (Å²) in [7, 11) is 3.96. The fourth-order valence-corrected chi connectivity index (χ4v) is 3.66. The lowest BCUT2D eigenvalue weighted by Crippen LogP contribution is -2.10. The number of benzene rings is 2. The maximum absolute atomic E-state index is 13.8. The van der Waals surface area contributed by atoms with Crippen LogP contribution in [0, 0.1) is 5.82 Å². The number of fused-ring (bicyclic) bond motifs is 2. The monoisotopic (exact) mass is 382 g/mol. The summed E-state index contributed by atoms with van der Waals surface area (Å²) in [5.74, 6) is 0.651. The summed E-state index contributed by atoms with van der Waals surface area (Å²) in [5.41, 5.74) is 5.96. The molecule has 0 atom stereocenters. The summed E-state index contributed by atoms with van der Waals surface area (Å²) in [6.07, 6.45) is 3.58. The Morgan fingerprint density at radius 2 is 1.69 bits per heavy atom. The molecule has 0 radical (unpaired) electrons. The van der Waals surface area contributed by atoms with Gasteiger partial charge in [-0.3, -0.25) is 4.98 Å². The molecule has 0 saturated carbocycles. The third-order valence-electron chi connectivity index (χ3n) is 5.15. The minimum Gasteiger partial charge on any atom is -0.363 e. The lowest BCUT2D eigenvalue weighted by atomic mass is 10.00. The van der Waals surface area contributed by atoms with Crippen LogP contribution in [0.1, 0.15) is 0 Å². The van der Waals surface area contributed by atoms with Crippen LogP contribution >= 0.6 is 0 Å². The molecule has 0 saturated heterocycles. The molecule has 0 unspecified atom stereocenters. The topological polar surface area (TPSA) is 44.8 Å². The van der Waals surface area contributed by atoms with Gasteiger partial charge in [-0.05, 0) is 65.7 Å². The van der Waals surface area contributed by atoms with E-state index >= 15 is 0 Å². The standard InChI is InChI=1S/C24H19FN4/c1-29(2)24-13-16(7-9-27-24)23-12-17-11-15(3-5-21(17)28-23)19-8-10-26-22-6-4-18(25)14-20(19)22/h3-14,28H,1-2H3. The molecule has 0 aliphatic heterocycles. The fraction of sp³-hybridized carbons (Fsp3) is 0.0833. The van der Waals surface area contributed by atoms with E-state index in [9.17, 15) is 4.39 Å². The van der Waals surface area contributed by atoms with Crippen molar-refractivity contribution in [1.29, 1.82) is 0 Å². The molecular formula is C24H19FN4. The normalized spacial score (nSPS) is 11.3. The maximum Gasteiger partial charge on any atom is 0.128 e. The van der Waals surface area contributed by atoms with Crippen molar-refractivity contribution >= 4 is 27.6 Å². The van der Waals surface area contributed by atoms with Gasteiger partial charge in [-0.15, -0.1) is 0 Å². The molecule has 3 heterocycles. The summed E-state index contributed by atoms with van der Waals surface area (Å²) in [4.78, 5) is 14.2. The highest BCUT2D eigenvalue weighted by Gasteiger charge is 2.10. The molecule has 0 spiro atoms. The highest BCUT2D eigenvalue weighted by Crippen LogP contribution is 2.32. The molecule has 0 amide bonds. The molecule has 5 heteroatoms. The van der Waals surface area contributed by atoms with Gasteiger partial charge in [-0.1, -0.05) is 6.07 Å². The van der Waals surface area contributed by atoms with Gasteiger partial charge in [0.05, 0.1) is 5.52 Å². The Hall–Kier alpha value is -3.73. The molecule has 0 bridgehead atoms. The number of nitrogens with one attached hydrogen (secondary N) is 1. The van der Waals surface area contributed by atoms with Crippen LogP contribution in [0.2, 0.25) is 0 Å². The molecule has 29 heavy (non-hydrogen) atoms. The van der Waals surface area contributed by atoms with Crippen molar-refractivity contribution in [2.45, 2.75) is 0 Å². The zero-order chi connectivity index (χ0) is 20.0. The lowest BCUT2D eigenvalue weighted by Gasteiger charge is -2.11. The Morgan fingerprint density at radius 3 is 2.55 bits per heavy atom. The predicted octanol–water partition coefficient (Wildman–Crippen LogP) is 5.65. The van der Waals surface area contributed by atoms with Crippen LogP contribution in [0.25, 0.3) is 44.2 Å². The van der Waals surface area contributed by atoms with Crippen LogP contribution in [0.5, 0.6) is 0 Å². The number of rotatable bonds is 3. The first-order chi connectivity index (χ1) is 14.1. The van der Waals surface area contributed by atoms with Gasteiger partial charge in [0.15, 0.2) is 0 Å². The Morgan fingerprint density at radius 1 is 0.828 bits per heavy atom. The smallest absolute Gasteiger partial charge is 0.128 e. The second-order valence-electron chi connectivity index (χ2n) is 7.30. The Labute approximate surface area is 167 Å². The number of halogens is 1. The lowest BCUT2D eigenvalue weighted by molar-refractivity contribution is 0.629. The number of nitrogens with zero attached hydrogens (tertiary/aromatic N) is 3. The molecule has 0 aliphatic carbocycles. The number of pyridine rings is 2. The van der Waals surface area contributed by atoms with E-state index in [2.05, 4.69) is 45.3 Å². The average Bonchev–Trinajstić information content (AvgIpc) is 3.17. The fourth-order valence-electron chi connectivity index (χ4n) is 3.66. The second kappa shape index (κ2) is 6.71. The van der Waals surface area contributed by atoms with Crippen molar-refractivity contribution in [1.82, 2.24) is 15.0 Å². The first-order valence-electron chi connectivity index (χ1n) is 9.40. The highest BCUT2D eigenvalue weighted by molar-refractivity contribution is 5.97. The highest BCUT2D eigenvalue weighted by atomic mass is 19.1. The van der Waals surface area contributed by atoms with E-state index in [1.807, 2.05) is 37.3 Å². The first kappa shape index (κ1) is 17.4. The van der Waals surface area contributed by atoms with Crippen molar-refractivity contribution in [3.63, 3.8) is 0 Å². The van der Waals surface area contributed by atoms with Crippen LogP contribution in [0.15, 0.2) is 73.1 Å². The average molecular weight is 382 g/mol. The molecule has 0 aliphatic rings. The molecule has 2 aromatic carbocycles. The summed E-state index contributed by atoms with van der Waals surface area (Å²) in [5, 5.41) is 1.91. The zero-order valence-electron chi connectivity index (χ0n) is 16.1. The van der Waals surface area contributed by atoms with Crippen LogP contribution in [0.4, 0.5) is 10.2 Å². The van der Waals surface area contributed by atoms with E-state index < -0.39 is 0 Å². The number of hydrogen-bond acceptors (Lipinski definition) is 3. The van der Waals surface area contributed by atoms with Crippen LogP contribution in [-0.2, 0) is 0 Å². The molecular weight excluding hydrogens is 363 g/mol. The minimum atomic E-state index is -0.258. The summed E-state index contributed by atoms with van der Waals surface area (Å²) in [6, 6.07) is 19.1. The molecule has 5 aromatic rings. The molecule has 4 nitrogen and oxygen atoms in total. The number of aromatic amines is 1. The van der Waals surface area contributed by atoms with Gasteiger partial charge in [0.25, 0.3) is 0 Å². The van der Waals surface area contributed by atoms with Gasteiger partial charge in [0, 0.05) is 54.0 Å². The van der Waals surface area contributed by atoms with Gasteiger partial charge >= 0.3 is 0 Å². The largest absolute Gasteiger partial charge is 0.363 e. The van der Waals surface area contributed by atoms with Crippen molar-refractivity contribution in [2.75, 3.05) is 19.0 Å². The van der Waals surface area contributed by atoms with Gasteiger partial charge in [0.2, 0.25) is 0 Å². The van der Waals surface area contributed by atoms with Crippen LogP contribution < -0.4 is 4.90 Å². The predicted molar refractivity (Wildman–Crippen MR) is 117 cm³/mol. The Bertz CT molecular complexity index is 1350. The second-order valence-corrected chi connectivity index (χ2v) is 7.30. The first-order valence-corrected chi connectivity index (χ1v) is 9.40. The van der Waals surface area contributed by atoms with Crippen molar-refractivity contribution < 1.29 is 4.39 Å². The van der Waals surface area contributed by atoms with Gasteiger partial charge in [-0.25, -0.2) is 9.37 Å². The number of H-pyrrole nitrogens is 1. The van der Waals surface area contributed by atoms with Gasteiger partial charge in [0.1, 0.15) is 11.6 Å². The van der Waals surface area contributed by atoms with E-state index in [1.54, 1.807) is 18.3 Å². The number of aromatic nitrogens is 3. The summed E-state index contributed by atoms with van der Waals surface area (Å²) >= 11 is 0. The minimum absolute atomic E-state index is 0.258. The van der Waals surface area contributed by atoms with Gasteiger partial charge in [-0.2, -0.15) is 0 Å².